The third-order valence-electron chi connectivity index (χ3n) is 3.27. The predicted molar refractivity (Wildman–Crippen MR) is 72.4 cm³/mol. The number of amides is 2. The molecule has 0 radical (unpaired) electrons. The van der Waals surface area contributed by atoms with Gasteiger partial charge in [-0.15, -0.1) is 0 Å². The molecule has 1 N–H and O–H groups in total. The number of esters is 1. The molecule has 1 aliphatic rings. The van der Waals surface area contributed by atoms with Crippen molar-refractivity contribution in [3.05, 3.63) is 35.4 Å². The summed E-state index contributed by atoms with van der Waals surface area (Å²) in [5.41, 5.74) is 0.388. The first-order chi connectivity index (χ1) is 10.5. The maximum atomic E-state index is 13.4. The number of methoxy groups -OCH3 is 2. The molecule has 0 bridgehead atoms. The van der Waals surface area contributed by atoms with E-state index in [1.165, 1.54) is 20.3 Å². The van der Waals surface area contributed by atoms with Crippen LogP contribution in [-0.2, 0) is 14.3 Å². The predicted octanol–water partition coefficient (Wildman–Crippen LogP) is 1.61. The fourth-order valence-electron chi connectivity index (χ4n) is 2.29. The number of hydrogen-bond donors (Lipinski definition) is 1. The van der Waals surface area contributed by atoms with E-state index in [0.717, 1.165) is 12.1 Å². The van der Waals surface area contributed by atoms with Gasteiger partial charge in [-0.05, 0) is 17.7 Å². The Morgan fingerprint density at radius 2 is 2.05 bits per heavy atom. The molecule has 0 spiro atoms. The van der Waals surface area contributed by atoms with Crippen molar-refractivity contribution >= 4 is 17.7 Å². The minimum absolute atomic E-state index is 0.0621. The van der Waals surface area contributed by atoms with Gasteiger partial charge in [-0.25, -0.2) is 13.6 Å². The van der Waals surface area contributed by atoms with Crippen LogP contribution in [0, 0.1) is 17.6 Å². The summed E-state index contributed by atoms with van der Waals surface area (Å²) in [5.74, 6) is -3.74. The minimum Gasteiger partial charge on any atom is -0.468 e. The zero-order chi connectivity index (χ0) is 16.3. The number of hydrogen-bond acceptors (Lipinski definition) is 4. The van der Waals surface area contributed by atoms with Crippen LogP contribution in [0.5, 0.6) is 0 Å². The molecule has 1 aliphatic heterocycles. The summed E-state index contributed by atoms with van der Waals surface area (Å²) in [7, 11) is 2.57. The number of rotatable bonds is 4. The smallest absolute Gasteiger partial charge is 0.341 e. The second kappa shape index (κ2) is 6.61. The first kappa shape index (κ1) is 16.0. The van der Waals surface area contributed by atoms with Crippen molar-refractivity contribution in [1.82, 2.24) is 5.32 Å². The Morgan fingerprint density at radius 3 is 2.64 bits per heavy atom. The summed E-state index contributed by atoms with van der Waals surface area (Å²) in [6.45, 7) is -0.0621. The van der Waals surface area contributed by atoms with Crippen LogP contribution in [0.1, 0.15) is 11.6 Å². The van der Waals surface area contributed by atoms with Crippen molar-refractivity contribution in [3.8, 4) is 0 Å². The third-order valence-corrected chi connectivity index (χ3v) is 3.27. The molecule has 22 heavy (non-hydrogen) atoms. The van der Waals surface area contributed by atoms with Crippen LogP contribution in [0.25, 0.3) is 0 Å². The second-order valence-corrected chi connectivity index (χ2v) is 4.64. The van der Waals surface area contributed by atoms with Crippen molar-refractivity contribution in [2.75, 3.05) is 20.8 Å². The number of halogens is 2. The molecule has 1 heterocycles. The second-order valence-electron chi connectivity index (χ2n) is 4.64. The molecule has 0 saturated heterocycles. The first-order valence-corrected chi connectivity index (χ1v) is 6.37. The van der Waals surface area contributed by atoms with Crippen LogP contribution >= 0.6 is 0 Å². The van der Waals surface area contributed by atoms with Gasteiger partial charge in [0.15, 0.2) is 11.6 Å². The lowest BCUT2D eigenvalue weighted by Gasteiger charge is -2.30. The van der Waals surface area contributed by atoms with Crippen LogP contribution in [-0.4, -0.2) is 38.5 Å². The molecule has 0 aliphatic carbocycles. The summed E-state index contributed by atoms with van der Waals surface area (Å²) in [4.78, 5) is 27.4. The molecule has 8 heteroatoms. The van der Waals surface area contributed by atoms with Crippen molar-refractivity contribution in [2.24, 2.45) is 10.9 Å². The molecule has 2 amide bonds. The quantitative estimate of drug-likeness (QED) is 0.857. The van der Waals surface area contributed by atoms with Gasteiger partial charge < -0.3 is 14.8 Å². The highest BCUT2D eigenvalue weighted by Gasteiger charge is 2.39. The van der Waals surface area contributed by atoms with Crippen LogP contribution in [0.15, 0.2) is 23.2 Å². The Bertz CT molecular complexity index is 633. The summed E-state index contributed by atoms with van der Waals surface area (Å²) < 4.78 is 36.1. The number of nitrogens with zero attached hydrogens (tertiary/aromatic N) is 1. The van der Waals surface area contributed by atoms with Gasteiger partial charge in [0.25, 0.3) is 0 Å². The van der Waals surface area contributed by atoms with E-state index in [1.807, 2.05) is 0 Å². The number of carbonyl (C=O) groups excluding carboxylic acids is 2. The van der Waals surface area contributed by atoms with Crippen molar-refractivity contribution in [1.29, 1.82) is 0 Å². The average Bonchev–Trinajstić information content (AvgIpc) is 2.49. The van der Waals surface area contributed by atoms with E-state index in [2.05, 4.69) is 10.3 Å². The Hall–Kier alpha value is -2.35. The summed E-state index contributed by atoms with van der Waals surface area (Å²) >= 11 is 0. The van der Waals surface area contributed by atoms with E-state index in [-0.39, 0.29) is 17.9 Å². The average molecular weight is 312 g/mol. The molecular formula is C14H14F2N2O4. The Labute approximate surface area is 125 Å². The van der Waals surface area contributed by atoms with Crippen molar-refractivity contribution in [3.63, 3.8) is 0 Å². The minimum atomic E-state index is -1.08. The molecule has 1 aromatic rings. The molecule has 2 unspecified atom stereocenters. The molecule has 6 nitrogen and oxygen atoms in total. The SMILES string of the molecule is COCC1=NC(=O)NC(c2ccc(F)c(F)c2)C1C(=O)OC. The normalized spacial score (nSPS) is 21.1. The van der Waals surface area contributed by atoms with E-state index in [9.17, 15) is 18.4 Å². The number of benzene rings is 1. The lowest BCUT2D eigenvalue weighted by atomic mass is 9.88. The molecule has 1 aromatic carbocycles. The van der Waals surface area contributed by atoms with Gasteiger partial charge in [0.2, 0.25) is 0 Å². The van der Waals surface area contributed by atoms with Crippen molar-refractivity contribution < 1.29 is 27.8 Å². The maximum absolute atomic E-state index is 13.4. The topological polar surface area (TPSA) is 77.0 Å². The Morgan fingerprint density at radius 1 is 1.32 bits per heavy atom. The fourth-order valence-corrected chi connectivity index (χ4v) is 2.29. The number of aliphatic imine (C=N–C) groups is 1. The highest BCUT2D eigenvalue weighted by Crippen LogP contribution is 2.29. The summed E-state index contributed by atoms with van der Waals surface area (Å²) in [6.07, 6.45) is 0. The largest absolute Gasteiger partial charge is 0.468 e. The first-order valence-electron chi connectivity index (χ1n) is 6.37. The molecule has 0 fully saturated rings. The van der Waals surface area contributed by atoms with Gasteiger partial charge in [0.05, 0.1) is 25.5 Å². The zero-order valence-corrected chi connectivity index (χ0v) is 11.9. The number of ether oxygens (including phenoxy) is 2. The molecule has 2 rings (SSSR count). The zero-order valence-electron chi connectivity index (χ0n) is 11.9. The monoisotopic (exact) mass is 312 g/mol. The van der Waals surface area contributed by atoms with Crippen LogP contribution in [0.2, 0.25) is 0 Å². The Balaban J connectivity index is 2.46. The molecule has 2 atom stereocenters. The van der Waals surface area contributed by atoms with Crippen LogP contribution in [0.3, 0.4) is 0 Å². The van der Waals surface area contributed by atoms with E-state index < -0.39 is 35.6 Å². The summed E-state index contributed by atoms with van der Waals surface area (Å²) in [5, 5.41) is 2.46. The number of nitrogens with one attached hydrogen (secondary N) is 1. The van der Waals surface area contributed by atoms with E-state index >= 15 is 0 Å². The van der Waals surface area contributed by atoms with Gasteiger partial charge >= 0.3 is 12.0 Å². The van der Waals surface area contributed by atoms with Crippen LogP contribution in [0.4, 0.5) is 13.6 Å². The molecule has 0 aromatic heterocycles. The molecule has 0 saturated carbocycles. The third kappa shape index (κ3) is 3.11. The number of urea groups is 1. The number of carbonyl (C=O) groups is 2. The fraction of sp³-hybridized carbons (Fsp3) is 0.357. The van der Waals surface area contributed by atoms with Gasteiger partial charge in [-0.3, -0.25) is 4.79 Å². The lowest BCUT2D eigenvalue weighted by Crippen LogP contribution is -2.46. The Kier molecular flexibility index (Phi) is 4.81. The van der Waals surface area contributed by atoms with Gasteiger partial charge in [-0.2, -0.15) is 4.99 Å². The van der Waals surface area contributed by atoms with Gasteiger partial charge in [0, 0.05) is 7.11 Å². The lowest BCUT2D eigenvalue weighted by molar-refractivity contribution is -0.144. The highest BCUT2D eigenvalue weighted by atomic mass is 19.2. The van der Waals surface area contributed by atoms with E-state index in [4.69, 9.17) is 9.47 Å². The van der Waals surface area contributed by atoms with Gasteiger partial charge in [-0.1, -0.05) is 6.07 Å². The molecular weight excluding hydrogens is 298 g/mol. The van der Waals surface area contributed by atoms with Crippen LogP contribution < -0.4 is 5.32 Å². The van der Waals surface area contributed by atoms with E-state index in [1.54, 1.807) is 0 Å². The maximum Gasteiger partial charge on any atom is 0.341 e. The summed E-state index contributed by atoms with van der Waals surface area (Å²) in [6, 6.07) is 1.52. The molecule has 118 valence electrons. The standard InChI is InChI=1S/C14H14F2N2O4/c1-21-6-10-11(13(19)22-2)12(18-14(20)17-10)7-3-4-8(15)9(16)5-7/h3-5,11-12H,6H2,1-2H3,(H,18,20). The van der Waals surface area contributed by atoms with Crippen molar-refractivity contribution in [2.45, 2.75) is 6.04 Å². The van der Waals surface area contributed by atoms with Gasteiger partial charge in [0.1, 0.15) is 5.92 Å². The van der Waals surface area contributed by atoms with E-state index in [0.29, 0.717) is 0 Å². The highest BCUT2D eigenvalue weighted by molar-refractivity contribution is 6.09.